The van der Waals surface area contributed by atoms with Crippen LogP contribution in [0.5, 0.6) is 0 Å². The highest BCUT2D eigenvalue weighted by atomic mass is 16.2. The van der Waals surface area contributed by atoms with Crippen molar-refractivity contribution >= 4 is 6.29 Å². The van der Waals surface area contributed by atoms with Gasteiger partial charge < -0.3 is 9.90 Å². The summed E-state index contributed by atoms with van der Waals surface area (Å²) in [5.74, 6) is 1.41. The summed E-state index contributed by atoms with van der Waals surface area (Å²) in [4.78, 5) is 9.71. The SMILES string of the molecule is CC(C)CCC=O.CC(C)CCCO. The Hall–Kier alpha value is -0.370. The number of carbonyl (C=O) groups excluding carboxylic acids is 1. The van der Waals surface area contributed by atoms with Gasteiger partial charge in [0.15, 0.2) is 0 Å². The molecule has 0 radical (unpaired) electrons. The molecule has 0 aromatic heterocycles. The van der Waals surface area contributed by atoms with Gasteiger partial charge in [-0.2, -0.15) is 0 Å². The van der Waals surface area contributed by atoms with Crippen LogP contribution in [-0.2, 0) is 4.79 Å². The number of aldehydes is 1. The van der Waals surface area contributed by atoms with Crippen LogP contribution in [-0.4, -0.2) is 18.0 Å². The van der Waals surface area contributed by atoms with Crippen LogP contribution in [0.3, 0.4) is 0 Å². The van der Waals surface area contributed by atoms with Crippen molar-refractivity contribution in [2.75, 3.05) is 6.61 Å². The Kier molecular flexibility index (Phi) is 14.5. The third-order valence-electron chi connectivity index (χ3n) is 1.80. The topological polar surface area (TPSA) is 37.3 Å². The minimum atomic E-state index is 0.345. The zero-order chi connectivity index (χ0) is 11.4. The van der Waals surface area contributed by atoms with E-state index in [-0.39, 0.29) is 0 Å². The van der Waals surface area contributed by atoms with E-state index in [1.165, 1.54) is 0 Å². The monoisotopic (exact) mass is 202 g/mol. The van der Waals surface area contributed by atoms with Gasteiger partial charge in [0.1, 0.15) is 6.29 Å². The zero-order valence-electron chi connectivity index (χ0n) is 10.1. The molecule has 2 nitrogen and oxygen atoms in total. The molecule has 0 fully saturated rings. The molecule has 0 amide bonds. The first-order chi connectivity index (χ1) is 6.54. The van der Waals surface area contributed by atoms with E-state index in [1.54, 1.807) is 0 Å². The van der Waals surface area contributed by atoms with Gasteiger partial charge in [-0.25, -0.2) is 0 Å². The van der Waals surface area contributed by atoms with E-state index < -0.39 is 0 Å². The maximum absolute atomic E-state index is 9.71. The maximum atomic E-state index is 9.71. The minimum Gasteiger partial charge on any atom is -0.396 e. The lowest BCUT2D eigenvalue weighted by atomic mass is 10.1. The standard InChI is InChI=1S/C6H14O.C6H12O/c2*1-6(2)4-3-5-7/h6-7H,3-5H2,1-2H3;5-6H,3-4H2,1-2H3. The minimum absolute atomic E-state index is 0.345. The Morgan fingerprint density at radius 3 is 1.71 bits per heavy atom. The molecule has 0 atom stereocenters. The van der Waals surface area contributed by atoms with Crippen LogP contribution < -0.4 is 0 Å². The molecule has 0 aliphatic carbocycles. The molecule has 0 saturated carbocycles. The normalized spacial score (nSPS) is 9.93. The van der Waals surface area contributed by atoms with Gasteiger partial charge in [-0.1, -0.05) is 27.7 Å². The van der Waals surface area contributed by atoms with E-state index in [9.17, 15) is 4.79 Å². The predicted octanol–water partition coefficient (Wildman–Crippen LogP) is 3.04. The van der Waals surface area contributed by atoms with Crippen LogP contribution in [0.4, 0.5) is 0 Å². The first-order valence-corrected chi connectivity index (χ1v) is 5.59. The van der Waals surface area contributed by atoms with Crippen molar-refractivity contribution in [1.82, 2.24) is 0 Å². The van der Waals surface area contributed by atoms with Crippen molar-refractivity contribution in [2.24, 2.45) is 11.8 Å². The Labute approximate surface area is 88.7 Å². The number of aliphatic hydroxyl groups is 1. The van der Waals surface area contributed by atoms with Gasteiger partial charge in [-0.3, -0.25) is 0 Å². The summed E-state index contributed by atoms with van der Waals surface area (Å²) in [5.41, 5.74) is 0. The molecular formula is C12H26O2. The molecular weight excluding hydrogens is 176 g/mol. The average molecular weight is 202 g/mol. The molecule has 2 heteroatoms. The van der Waals surface area contributed by atoms with Crippen LogP contribution in [0, 0.1) is 11.8 Å². The molecule has 1 N–H and O–H groups in total. The van der Waals surface area contributed by atoms with E-state index >= 15 is 0 Å². The number of carbonyl (C=O) groups is 1. The molecule has 0 heterocycles. The maximum Gasteiger partial charge on any atom is 0.120 e. The van der Waals surface area contributed by atoms with Crippen LogP contribution >= 0.6 is 0 Å². The third kappa shape index (κ3) is 22.6. The molecule has 0 unspecified atom stereocenters. The summed E-state index contributed by atoms with van der Waals surface area (Å²) >= 11 is 0. The van der Waals surface area contributed by atoms with Crippen molar-refractivity contribution in [3.05, 3.63) is 0 Å². The van der Waals surface area contributed by atoms with Crippen LogP contribution in [0.15, 0.2) is 0 Å². The lowest BCUT2D eigenvalue weighted by Gasteiger charge is -1.98. The smallest absolute Gasteiger partial charge is 0.120 e. The van der Waals surface area contributed by atoms with Crippen molar-refractivity contribution < 1.29 is 9.90 Å². The fourth-order valence-electron chi connectivity index (χ4n) is 0.901. The Morgan fingerprint density at radius 2 is 1.57 bits per heavy atom. The summed E-state index contributed by atoms with van der Waals surface area (Å²) in [6, 6.07) is 0. The third-order valence-corrected chi connectivity index (χ3v) is 1.80. The Bertz CT molecular complexity index is 109. The Balaban J connectivity index is 0. The van der Waals surface area contributed by atoms with Crippen LogP contribution in [0.1, 0.15) is 53.4 Å². The lowest BCUT2D eigenvalue weighted by Crippen LogP contribution is -1.89. The van der Waals surface area contributed by atoms with Crippen LogP contribution in [0.2, 0.25) is 0 Å². The second-order valence-electron chi connectivity index (χ2n) is 4.40. The Morgan fingerprint density at radius 1 is 1.07 bits per heavy atom. The quantitative estimate of drug-likeness (QED) is 0.672. The highest BCUT2D eigenvalue weighted by Crippen LogP contribution is 2.01. The van der Waals surface area contributed by atoms with E-state index in [0.717, 1.165) is 37.9 Å². The van der Waals surface area contributed by atoms with Gasteiger partial charge >= 0.3 is 0 Å². The van der Waals surface area contributed by atoms with Crippen molar-refractivity contribution in [3.63, 3.8) is 0 Å². The molecule has 0 aromatic rings. The zero-order valence-corrected chi connectivity index (χ0v) is 10.1. The molecule has 0 spiro atoms. The first kappa shape index (κ1) is 16.1. The van der Waals surface area contributed by atoms with E-state index in [0.29, 0.717) is 12.5 Å². The number of hydrogen-bond donors (Lipinski definition) is 1. The molecule has 0 bridgehead atoms. The summed E-state index contributed by atoms with van der Waals surface area (Å²) in [6.07, 6.45) is 4.83. The molecule has 0 aliphatic rings. The van der Waals surface area contributed by atoms with Crippen molar-refractivity contribution in [1.29, 1.82) is 0 Å². The van der Waals surface area contributed by atoms with Crippen LogP contribution in [0.25, 0.3) is 0 Å². The largest absolute Gasteiger partial charge is 0.396 e. The number of hydrogen-bond acceptors (Lipinski definition) is 2. The van der Waals surface area contributed by atoms with E-state index in [1.807, 2.05) is 0 Å². The van der Waals surface area contributed by atoms with Gasteiger partial charge in [-0.05, 0) is 31.1 Å². The van der Waals surface area contributed by atoms with Gasteiger partial charge in [0, 0.05) is 13.0 Å². The molecule has 14 heavy (non-hydrogen) atoms. The van der Waals surface area contributed by atoms with E-state index in [2.05, 4.69) is 27.7 Å². The summed E-state index contributed by atoms with van der Waals surface area (Å²) < 4.78 is 0. The average Bonchev–Trinajstić information content (AvgIpc) is 2.12. The highest BCUT2D eigenvalue weighted by Gasteiger charge is 1.89. The summed E-state index contributed by atoms with van der Waals surface area (Å²) in [7, 11) is 0. The fourth-order valence-corrected chi connectivity index (χ4v) is 0.901. The molecule has 86 valence electrons. The van der Waals surface area contributed by atoms with Gasteiger partial charge in [0.25, 0.3) is 0 Å². The summed E-state index contributed by atoms with van der Waals surface area (Å²) in [5, 5.41) is 8.32. The van der Waals surface area contributed by atoms with Crippen molar-refractivity contribution in [2.45, 2.75) is 53.4 Å². The summed E-state index contributed by atoms with van der Waals surface area (Å²) in [6.45, 7) is 8.90. The lowest BCUT2D eigenvalue weighted by molar-refractivity contribution is -0.108. The van der Waals surface area contributed by atoms with Crippen molar-refractivity contribution in [3.8, 4) is 0 Å². The van der Waals surface area contributed by atoms with Gasteiger partial charge in [0.05, 0.1) is 0 Å². The second-order valence-corrected chi connectivity index (χ2v) is 4.40. The molecule has 0 saturated heterocycles. The predicted molar refractivity (Wildman–Crippen MR) is 61.3 cm³/mol. The number of rotatable bonds is 6. The number of aliphatic hydroxyl groups excluding tert-OH is 1. The molecule has 0 rings (SSSR count). The van der Waals surface area contributed by atoms with E-state index in [4.69, 9.17) is 5.11 Å². The molecule has 0 aliphatic heterocycles. The fraction of sp³-hybridized carbons (Fsp3) is 0.917. The highest BCUT2D eigenvalue weighted by molar-refractivity contribution is 5.48. The van der Waals surface area contributed by atoms with Gasteiger partial charge in [-0.15, -0.1) is 0 Å². The molecule has 0 aromatic carbocycles. The second kappa shape index (κ2) is 12.6. The van der Waals surface area contributed by atoms with Gasteiger partial charge in [0.2, 0.25) is 0 Å². The first-order valence-electron chi connectivity index (χ1n) is 5.59.